The van der Waals surface area contributed by atoms with Gasteiger partial charge in [-0.05, 0) is 52.1 Å². The molecule has 0 aromatic heterocycles. The van der Waals surface area contributed by atoms with Gasteiger partial charge in [0.05, 0.1) is 12.1 Å². The molecule has 2 rings (SSSR count). The van der Waals surface area contributed by atoms with Crippen LogP contribution < -0.4 is 10.6 Å². The molecule has 2 fully saturated rings. The molecule has 2 aliphatic heterocycles. The van der Waals surface area contributed by atoms with Crippen LogP contribution >= 0.6 is 0 Å². The van der Waals surface area contributed by atoms with Crippen LogP contribution in [0.1, 0.15) is 45.4 Å². The molecule has 0 spiro atoms. The molecule has 0 saturated carbocycles. The quantitative estimate of drug-likeness (QED) is 0.621. The second-order valence-corrected chi connectivity index (χ2v) is 6.23. The van der Waals surface area contributed by atoms with E-state index < -0.39 is 0 Å². The number of carbonyl (C=O) groups excluding carboxylic acids is 1. The third-order valence-electron chi connectivity index (χ3n) is 4.54. The van der Waals surface area contributed by atoms with E-state index in [1.807, 2.05) is 0 Å². The monoisotopic (exact) mass is 283 g/mol. The van der Waals surface area contributed by atoms with Crippen LogP contribution in [0.25, 0.3) is 0 Å². The van der Waals surface area contributed by atoms with Gasteiger partial charge in [-0.25, -0.2) is 0 Å². The topological polar surface area (TPSA) is 64.6 Å². The predicted molar refractivity (Wildman–Crippen MR) is 79.5 cm³/mol. The number of β-amino-alcohol motifs (C(OH)–C–C–N with tert-alkyl or cyclic N) is 1. The Balaban J connectivity index is 1.52. The summed E-state index contributed by atoms with van der Waals surface area (Å²) in [5, 5.41) is 15.4. The minimum atomic E-state index is -0.369. The van der Waals surface area contributed by atoms with Gasteiger partial charge in [0.25, 0.3) is 0 Å². The smallest absolute Gasteiger partial charge is 0.237 e. The average Bonchev–Trinajstić information content (AvgIpc) is 2.87. The SMILES string of the molecule is CC1CCCCN1CCCCNC(=O)C1CC(O)CN1. The zero-order valence-electron chi connectivity index (χ0n) is 12.6. The number of carbonyl (C=O) groups is 1. The van der Waals surface area contributed by atoms with Crippen molar-refractivity contribution in [3.63, 3.8) is 0 Å². The Bertz CT molecular complexity index is 311. The number of hydrogen-bond donors (Lipinski definition) is 3. The van der Waals surface area contributed by atoms with Crippen molar-refractivity contribution in [1.29, 1.82) is 0 Å². The number of aliphatic hydroxyl groups excluding tert-OH is 1. The summed E-state index contributed by atoms with van der Waals surface area (Å²) in [6.07, 6.45) is 6.37. The van der Waals surface area contributed by atoms with Crippen LogP contribution in [0.2, 0.25) is 0 Å². The van der Waals surface area contributed by atoms with Crippen LogP contribution in [0.4, 0.5) is 0 Å². The summed E-state index contributed by atoms with van der Waals surface area (Å²) in [6.45, 7) is 5.98. The molecule has 0 aromatic carbocycles. The summed E-state index contributed by atoms with van der Waals surface area (Å²) >= 11 is 0. The maximum Gasteiger partial charge on any atom is 0.237 e. The molecular formula is C15H29N3O2. The van der Waals surface area contributed by atoms with E-state index in [0.29, 0.717) is 13.0 Å². The third-order valence-corrected chi connectivity index (χ3v) is 4.54. The Morgan fingerprint density at radius 2 is 2.25 bits per heavy atom. The number of aliphatic hydroxyl groups is 1. The number of likely N-dealkylation sites (tertiary alicyclic amines) is 1. The Labute approximate surface area is 122 Å². The van der Waals surface area contributed by atoms with Crippen molar-refractivity contribution in [2.45, 2.75) is 63.6 Å². The van der Waals surface area contributed by atoms with E-state index >= 15 is 0 Å². The lowest BCUT2D eigenvalue weighted by molar-refractivity contribution is -0.122. The van der Waals surface area contributed by atoms with Crippen molar-refractivity contribution in [3.05, 3.63) is 0 Å². The molecule has 3 unspecified atom stereocenters. The van der Waals surface area contributed by atoms with Crippen molar-refractivity contribution in [3.8, 4) is 0 Å². The molecule has 5 nitrogen and oxygen atoms in total. The molecule has 116 valence electrons. The van der Waals surface area contributed by atoms with Gasteiger partial charge in [0.15, 0.2) is 0 Å². The van der Waals surface area contributed by atoms with Gasteiger partial charge in [-0.1, -0.05) is 6.42 Å². The molecule has 1 amide bonds. The molecule has 5 heteroatoms. The molecule has 0 aromatic rings. The standard InChI is InChI=1S/C15H29N3O2/c1-12-6-2-4-8-18(12)9-5-3-7-16-15(20)14-10-13(19)11-17-14/h12-14,17,19H,2-11H2,1H3,(H,16,20). The normalized spacial score (nSPS) is 31.4. The largest absolute Gasteiger partial charge is 0.392 e. The highest BCUT2D eigenvalue weighted by Crippen LogP contribution is 2.16. The Hall–Kier alpha value is -0.650. The van der Waals surface area contributed by atoms with Crippen molar-refractivity contribution in [2.75, 3.05) is 26.2 Å². The Morgan fingerprint density at radius 1 is 1.40 bits per heavy atom. The summed E-state index contributed by atoms with van der Waals surface area (Å²) in [6, 6.07) is 0.523. The number of amides is 1. The average molecular weight is 283 g/mol. The third kappa shape index (κ3) is 4.72. The first kappa shape index (κ1) is 15.7. The number of piperidine rings is 1. The molecule has 3 N–H and O–H groups in total. The molecule has 0 aliphatic carbocycles. The highest BCUT2D eigenvalue weighted by Gasteiger charge is 2.27. The van der Waals surface area contributed by atoms with Crippen LogP contribution in [-0.2, 0) is 4.79 Å². The van der Waals surface area contributed by atoms with Gasteiger partial charge in [0.1, 0.15) is 0 Å². The maximum atomic E-state index is 11.8. The fourth-order valence-corrected chi connectivity index (χ4v) is 3.18. The molecular weight excluding hydrogens is 254 g/mol. The first-order chi connectivity index (χ1) is 9.66. The molecule has 20 heavy (non-hydrogen) atoms. The molecule has 2 aliphatic rings. The minimum Gasteiger partial charge on any atom is -0.392 e. The molecule has 2 saturated heterocycles. The minimum absolute atomic E-state index is 0.0351. The first-order valence-corrected chi connectivity index (χ1v) is 8.10. The lowest BCUT2D eigenvalue weighted by Crippen LogP contribution is -2.41. The molecule has 2 heterocycles. The van der Waals surface area contributed by atoms with Gasteiger partial charge >= 0.3 is 0 Å². The van der Waals surface area contributed by atoms with Crippen molar-refractivity contribution in [1.82, 2.24) is 15.5 Å². The second kappa shape index (κ2) is 7.96. The van der Waals surface area contributed by atoms with E-state index in [0.717, 1.165) is 32.0 Å². The summed E-state index contributed by atoms with van der Waals surface area (Å²) in [7, 11) is 0. The van der Waals surface area contributed by atoms with E-state index in [9.17, 15) is 9.90 Å². The van der Waals surface area contributed by atoms with Gasteiger partial charge in [0.2, 0.25) is 5.91 Å². The molecule has 3 atom stereocenters. The lowest BCUT2D eigenvalue weighted by atomic mass is 10.0. The van der Waals surface area contributed by atoms with Crippen molar-refractivity contribution < 1.29 is 9.90 Å². The van der Waals surface area contributed by atoms with Crippen molar-refractivity contribution in [2.24, 2.45) is 0 Å². The van der Waals surface area contributed by atoms with Gasteiger partial charge in [-0.15, -0.1) is 0 Å². The van der Waals surface area contributed by atoms with E-state index in [2.05, 4.69) is 22.5 Å². The highest BCUT2D eigenvalue weighted by atomic mass is 16.3. The summed E-state index contributed by atoms with van der Waals surface area (Å²) in [5.41, 5.74) is 0. The Morgan fingerprint density at radius 3 is 2.95 bits per heavy atom. The number of unbranched alkanes of at least 4 members (excludes halogenated alkanes) is 1. The van der Waals surface area contributed by atoms with E-state index in [1.165, 1.54) is 25.8 Å². The van der Waals surface area contributed by atoms with Crippen LogP contribution in [0.3, 0.4) is 0 Å². The van der Waals surface area contributed by atoms with Gasteiger partial charge in [-0.2, -0.15) is 0 Å². The predicted octanol–water partition coefficient (Wildman–Crippen LogP) is 0.480. The lowest BCUT2D eigenvalue weighted by Gasteiger charge is -2.33. The maximum absolute atomic E-state index is 11.8. The van der Waals surface area contributed by atoms with Crippen molar-refractivity contribution >= 4 is 5.91 Å². The van der Waals surface area contributed by atoms with Gasteiger partial charge in [-0.3, -0.25) is 4.79 Å². The van der Waals surface area contributed by atoms with Crippen LogP contribution in [0, 0.1) is 0 Å². The van der Waals surface area contributed by atoms with E-state index in [1.54, 1.807) is 0 Å². The van der Waals surface area contributed by atoms with E-state index in [-0.39, 0.29) is 18.1 Å². The second-order valence-electron chi connectivity index (χ2n) is 6.23. The van der Waals surface area contributed by atoms with Crippen LogP contribution in [0.5, 0.6) is 0 Å². The van der Waals surface area contributed by atoms with Gasteiger partial charge < -0.3 is 20.6 Å². The summed E-state index contributed by atoms with van der Waals surface area (Å²) < 4.78 is 0. The van der Waals surface area contributed by atoms with Crippen LogP contribution in [0.15, 0.2) is 0 Å². The molecule has 0 radical (unpaired) electrons. The fourth-order valence-electron chi connectivity index (χ4n) is 3.18. The summed E-state index contributed by atoms with van der Waals surface area (Å²) in [4.78, 5) is 14.4. The molecule has 0 bridgehead atoms. The Kier molecular flexibility index (Phi) is 6.26. The number of nitrogens with one attached hydrogen (secondary N) is 2. The number of nitrogens with zero attached hydrogens (tertiary/aromatic N) is 1. The van der Waals surface area contributed by atoms with Gasteiger partial charge in [0, 0.05) is 19.1 Å². The summed E-state index contributed by atoms with van der Waals surface area (Å²) in [5.74, 6) is 0.0351. The zero-order chi connectivity index (χ0) is 14.4. The van der Waals surface area contributed by atoms with E-state index in [4.69, 9.17) is 0 Å². The fraction of sp³-hybridized carbons (Fsp3) is 0.933. The number of rotatable bonds is 6. The zero-order valence-corrected chi connectivity index (χ0v) is 12.6. The van der Waals surface area contributed by atoms with Crippen LogP contribution in [-0.4, -0.2) is 60.3 Å². The highest BCUT2D eigenvalue weighted by molar-refractivity contribution is 5.82. The number of hydrogen-bond acceptors (Lipinski definition) is 4. The first-order valence-electron chi connectivity index (χ1n) is 8.10.